The molecule has 204 valence electrons. The number of halogens is 3. The van der Waals surface area contributed by atoms with Crippen molar-refractivity contribution in [1.82, 2.24) is 20.5 Å². The van der Waals surface area contributed by atoms with Crippen LogP contribution in [0.25, 0.3) is 11.3 Å². The van der Waals surface area contributed by atoms with E-state index in [1.54, 1.807) is 12.3 Å². The van der Waals surface area contributed by atoms with E-state index >= 15 is 0 Å². The maximum atomic E-state index is 12.4. The molecule has 3 aromatic rings. The van der Waals surface area contributed by atoms with Crippen molar-refractivity contribution in [3.8, 4) is 23.1 Å². The molecule has 1 aromatic carbocycles. The topological polar surface area (TPSA) is 112 Å². The van der Waals surface area contributed by atoms with Gasteiger partial charge >= 0.3 is 6.36 Å². The van der Waals surface area contributed by atoms with Gasteiger partial charge in [0.05, 0.1) is 6.20 Å². The van der Waals surface area contributed by atoms with E-state index in [0.29, 0.717) is 41.0 Å². The lowest BCUT2D eigenvalue weighted by atomic mass is 9.89. The summed E-state index contributed by atoms with van der Waals surface area (Å²) in [5.41, 5.74) is 0.924. The van der Waals surface area contributed by atoms with Crippen LogP contribution in [0.3, 0.4) is 0 Å². The molecule has 0 spiro atoms. The number of rotatable bonds is 7. The first-order valence-electron chi connectivity index (χ1n) is 13.2. The van der Waals surface area contributed by atoms with Crippen LogP contribution in [0.5, 0.6) is 5.75 Å². The predicted molar refractivity (Wildman–Crippen MR) is 136 cm³/mol. The van der Waals surface area contributed by atoms with E-state index < -0.39 is 6.36 Å². The van der Waals surface area contributed by atoms with Gasteiger partial charge in [-0.05, 0) is 68.0 Å². The number of nitriles is 1. The summed E-state index contributed by atoms with van der Waals surface area (Å²) < 4.78 is 47.2. The lowest BCUT2D eigenvalue weighted by Crippen LogP contribution is -2.56. The van der Waals surface area contributed by atoms with Crippen LogP contribution < -0.4 is 20.3 Å². The van der Waals surface area contributed by atoms with E-state index in [-0.39, 0.29) is 17.8 Å². The molecule has 5 atom stereocenters. The number of piperidine rings is 1. The smallest absolute Gasteiger partial charge is 0.424 e. The molecule has 39 heavy (non-hydrogen) atoms. The molecule has 12 heteroatoms. The second-order valence-electron chi connectivity index (χ2n) is 10.5. The summed E-state index contributed by atoms with van der Waals surface area (Å²) in [4.78, 5) is 6.69. The van der Waals surface area contributed by atoms with Gasteiger partial charge in [0.2, 0.25) is 0 Å². The molecule has 2 aromatic heterocycles. The molecule has 2 N–H and O–H groups in total. The minimum Gasteiger partial charge on any atom is -0.424 e. The SMILES string of the molecule is N#Cc1ccc(N2C[C@@H]3C[C@H](N[C@@H]4CCCC[C@H]4Nc4ncc(-c5ccc(OC(F)(F)F)cc5)o4)[C@H]2C3)nn1. The largest absolute Gasteiger partial charge is 0.573 e. The lowest BCUT2D eigenvalue weighted by Gasteiger charge is -2.40. The molecular weight excluding hydrogens is 511 g/mol. The van der Waals surface area contributed by atoms with Crippen molar-refractivity contribution in [1.29, 1.82) is 5.26 Å². The molecule has 6 rings (SSSR count). The molecule has 0 radical (unpaired) electrons. The van der Waals surface area contributed by atoms with Crippen LogP contribution in [0.2, 0.25) is 0 Å². The van der Waals surface area contributed by atoms with Gasteiger partial charge in [-0.3, -0.25) is 0 Å². The second kappa shape index (κ2) is 10.4. The molecule has 9 nitrogen and oxygen atoms in total. The van der Waals surface area contributed by atoms with E-state index in [1.807, 2.05) is 12.1 Å². The molecule has 1 aliphatic heterocycles. The average Bonchev–Trinajstić information content (AvgIpc) is 3.66. The quantitative estimate of drug-likeness (QED) is 0.434. The van der Waals surface area contributed by atoms with Gasteiger partial charge in [0, 0.05) is 36.3 Å². The number of hydrogen-bond acceptors (Lipinski definition) is 9. The zero-order valence-electron chi connectivity index (χ0n) is 21.1. The number of ether oxygens (including phenoxy) is 1. The van der Waals surface area contributed by atoms with E-state index in [9.17, 15) is 13.2 Å². The predicted octanol–water partition coefficient (Wildman–Crippen LogP) is 4.88. The Bertz CT molecular complexity index is 1320. The Morgan fingerprint density at radius 2 is 1.79 bits per heavy atom. The van der Waals surface area contributed by atoms with Gasteiger partial charge in [0.15, 0.2) is 17.3 Å². The van der Waals surface area contributed by atoms with Crippen molar-refractivity contribution >= 4 is 11.8 Å². The van der Waals surface area contributed by atoms with Crippen LogP contribution in [-0.2, 0) is 0 Å². The normalized spacial score (nSPS) is 26.4. The number of alkyl halides is 3. The Labute approximate surface area is 223 Å². The Morgan fingerprint density at radius 3 is 2.49 bits per heavy atom. The Kier molecular flexibility index (Phi) is 6.76. The zero-order chi connectivity index (χ0) is 27.0. The van der Waals surface area contributed by atoms with Crippen molar-refractivity contribution in [3.05, 3.63) is 48.3 Å². The van der Waals surface area contributed by atoms with Crippen LogP contribution in [0.1, 0.15) is 44.2 Å². The van der Waals surface area contributed by atoms with Gasteiger partial charge in [0.25, 0.3) is 6.01 Å². The van der Waals surface area contributed by atoms with Gasteiger partial charge in [0.1, 0.15) is 11.8 Å². The molecule has 2 saturated carbocycles. The standard InChI is InChI=1S/C27H28F3N7O2/c28-27(29,30)39-19-8-5-17(6-9-19)24-14-32-26(38-24)34-21-4-2-1-3-20(21)33-22-11-16-12-23(22)37(15-16)25-10-7-18(13-31)35-36-25/h5-10,14,16,20-23,33H,1-4,11-12,15H2,(H,32,34)/t16-,20-,21-,22+,23-/m1/s1. The third-order valence-electron chi connectivity index (χ3n) is 7.92. The van der Waals surface area contributed by atoms with Crippen LogP contribution >= 0.6 is 0 Å². The Balaban J connectivity index is 1.10. The monoisotopic (exact) mass is 539 g/mol. The number of nitrogens with zero attached hydrogens (tertiary/aromatic N) is 5. The average molecular weight is 540 g/mol. The number of nitrogens with one attached hydrogen (secondary N) is 2. The first-order valence-corrected chi connectivity index (χ1v) is 13.2. The Hall–Kier alpha value is -3.85. The van der Waals surface area contributed by atoms with Crippen molar-refractivity contribution < 1.29 is 22.3 Å². The number of anilines is 2. The Morgan fingerprint density at radius 1 is 1.00 bits per heavy atom. The molecule has 2 bridgehead atoms. The molecule has 2 aliphatic carbocycles. The molecular formula is C27H28F3N7O2. The summed E-state index contributed by atoms with van der Waals surface area (Å²) in [5, 5.41) is 24.7. The maximum Gasteiger partial charge on any atom is 0.573 e. The zero-order valence-corrected chi connectivity index (χ0v) is 21.1. The highest BCUT2D eigenvalue weighted by molar-refractivity contribution is 5.58. The molecule has 0 unspecified atom stereocenters. The second-order valence-corrected chi connectivity index (χ2v) is 10.5. The van der Waals surface area contributed by atoms with Crippen LogP contribution in [-0.4, -0.2) is 52.3 Å². The van der Waals surface area contributed by atoms with Crippen molar-refractivity contribution in [3.63, 3.8) is 0 Å². The van der Waals surface area contributed by atoms with Gasteiger partial charge in [-0.15, -0.1) is 23.4 Å². The number of oxazole rings is 1. The van der Waals surface area contributed by atoms with E-state index in [1.165, 1.54) is 24.3 Å². The van der Waals surface area contributed by atoms with Gasteiger partial charge < -0.3 is 24.7 Å². The summed E-state index contributed by atoms with van der Waals surface area (Å²) in [6.07, 6.45) is 3.33. The minimum atomic E-state index is -4.73. The third kappa shape index (κ3) is 5.63. The number of benzene rings is 1. The highest BCUT2D eigenvalue weighted by atomic mass is 19.4. The van der Waals surface area contributed by atoms with Gasteiger partial charge in [-0.1, -0.05) is 12.8 Å². The highest BCUT2D eigenvalue weighted by Crippen LogP contribution is 2.40. The summed E-state index contributed by atoms with van der Waals surface area (Å²) in [6, 6.07) is 12.6. The summed E-state index contributed by atoms with van der Waals surface area (Å²) in [7, 11) is 0. The molecule has 1 saturated heterocycles. The third-order valence-corrected chi connectivity index (χ3v) is 7.92. The van der Waals surface area contributed by atoms with Gasteiger partial charge in [-0.25, -0.2) is 4.98 Å². The minimum absolute atomic E-state index is 0.134. The fourth-order valence-electron chi connectivity index (χ4n) is 6.24. The van der Waals surface area contributed by atoms with Gasteiger partial charge in [-0.2, -0.15) is 5.26 Å². The van der Waals surface area contributed by atoms with Crippen LogP contribution in [0, 0.1) is 17.2 Å². The first kappa shape index (κ1) is 25.4. The van der Waals surface area contributed by atoms with E-state index in [2.05, 4.69) is 35.5 Å². The lowest BCUT2D eigenvalue weighted by molar-refractivity contribution is -0.274. The molecule has 3 heterocycles. The van der Waals surface area contributed by atoms with Crippen molar-refractivity contribution in [2.45, 2.75) is 69.1 Å². The number of hydrogen-bond donors (Lipinski definition) is 2. The maximum absolute atomic E-state index is 12.4. The van der Waals surface area contributed by atoms with Crippen molar-refractivity contribution in [2.75, 3.05) is 16.8 Å². The van der Waals surface area contributed by atoms with E-state index in [4.69, 9.17) is 9.68 Å². The van der Waals surface area contributed by atoms with Crippen LogP contribution in [0.15, 0.2) is 47.0 Å². The number of aromatic nitrogens is 3. The summed E-state index contributed by atoms with van der Waals surface area (Å²) in [5.74, 6) is 1.59. The van der Waals surface area contributed by atoms with E-state index in [0.717, 1.165) is 50.9 Å². The van der Waals surface area contributed by atoms with Crippen molar-refractivity contribution in [2.24, 2.45) is 5.92 Å². The molecule has 3 aliphatic rings. The fourth-order valence-corrected chi connectivity index (χ4v) is 6.24. The van der Waals surface area contributed by atoms with Crippen LogP contribution in [0.4, 0.5) is 25.0 Å². The highest BCUT2D eigenvalue weighted by Gasteiger charge is 2.46. The first-order chi connectivity index (χ1) is 18.8. The summed E-state index contributed by atoms with van der Waals surface area (Å²) in [6.45, 7) is 0.957. The number of fused-ring (bicyclic) bond motifs is 2. The molecule has 3 fully saturated rings. The fraction of sp³-hybridized carbons (Fsp3) is 0.481. The summed E-state index contributed by atoms with van der Waals surface area (Å²) >= 11 is 0. The molecule has 0 amide bonds.